The Kier molecular flexibility index (Phi) is 3.30. The van der Waals surface area contributed by atoms with Gasteiger partial charge in [-0.15, -0.1) is 0 Å². The van der Waals surface area contributed by atoms with E-state index in [1.807, 2.05) is 6.07 Å². The Morgan fingerprint density at radius 2 is 1.50 bits per heavy atom. The molecule has 0 fully saturated rings. The van der Waals surface area contributed by atoms with Crippen molar-refractivity contribution in [2.45, 2.75) is 0 Å². The van der Waals surface area contributed by atoms with Crippen LogP contribution in [0.25, 0.3) is 27.9 Å². The van der Waals surface area contributed by atoms with Crippen molar-refractivity contribution in [3.63, 3.8) is 0 Å². The zero-order valence-corrected chi connectivity index (χ0v) is 12.2. The van der Waals surface area contributed by atoms with E-state index in [1.54, 1.807) is 35.0 Å². The number of halogens is 3. The minimum atomic E-state index is -0.912. The number of aromatic nitrogens is 3. The quantitative estimate of drug-likeness (QED) is 0.509. The van der Waals surface area contributed by atoms with Crippen LogP contribution in [0.3, 0.4) is 0 Å². The highest BCUT2D eigenvalue weighted by atomic mass is 19.1. The third kappa shape index (κ3) is 2.42. The molecule has 0 spiro atoms. The molecule has 0 aliphatic heterocycles. The molecule has 0 N–H and O–H groups in total. The van der Waals surface area contributed by atoms with Crippen molar-refractivity contribution in [1.82, 2.24) is 14.6 Å². The van der Waals surface area contributed by atoms with Gasteiger partial charge in [0.15, 0.2) is 0 Å². The van der Waals surface area contributed by atoms with Crippen molar-refractivity contribution in [2.75, 3.05) is 0 Å². The third-order valence-corrected chi connectivity index (χ3v) is 3.71. The molecule has 4 aromatic rings. The molecule has 0 aliphatic rings. The maximum atomic E-state index is 13.6. The van der Waals surface area contributed by atoms with Crippen LogP contribution in [0, 0.1) is 17.7 Å². The lowest BCUT2D eigenvalue weighted by molar-refractivity contribution is 0.513. The minimum absolute atomic E-state index is 0.320. The van der Waals surface area contributed by atoms with Crippen molar-refractivity contribution in [3.05, 3.63) is 78.5 Å². The molecule has 3 nitrogen and oxygen atoms in total. The predicted octanol–water partition coefficient (Wildman–Crippen LogP) is 4.48. The van der Waals surface area contributed by atoms with Gasteiger partial charge >= 0.3 is 0 Å². The molecule has 118 valence electrons. The molecule has 0 saturated heterocycles. The highest BCUT2D eigenvalue weighted by Crippen LogP contribution is 2.35. The monoisotopic (exact) mass is 325 g/mol. The summed E-state index contributed by atoms with van der Waals surface area (Å²) in [7, 11) is 0. The van der Waals surface area contributed by atoms with E-state index in [-0.39, 0.29) is 5.82 Å². The van der Waals surface area contributed by atoms with Gasteiger partial charge in [0.2, 0.25) is 11.9 Å². The van der Waals surface area contributed by atoms with Crippen molar-refractivity contribution < 1.29 is 13.2 Å². The Labute approximate surface area is 135 Å². The molecule has 0 bridgehead atoms. The topological polar surface area (TPSA) is 30.2 Å². The molecule has 0 aliphatic carbocycles. The van der Waals surface area contributed by atoms with Gasteiger partial charge in [0.25, 0.3) is 0 Å². The Morgan fingerprint density at radius 3 is 2.21 bits per heavy atom. The van der Waals surface area contributed by atoms with Crippen LogP contribution >= 0.6 is 0 Å². The van der Waals surface area contributed by atoms with E-state index in [9.17, 15) is 13.2 Å². The number of pyridine rings is 2. The number of fused-ring (bicyclic) bond motifs is 1. The second kappa shape index (κ2) is 5.49. The highest BCUT2D eigenvalue weighted by Gasteiger charge is 2.18. The van der Waals surface area contributed by atoms with Crippen molar-refractivity contribution in [3.8, 4) is 22.4 Å². The summed E-state index contributed by atoms with van der Waals surface area (Å²) in [6.45, 7) is 0. The third-order valence-electron chi connectivity index (χ3n) is 3.71. The van der Waals surface area contributed by atoms with E-state index in [2.05, 4.69) is 10.1 Å². The normalized spacial score (nSPS) is 11.1. The Balaban J connectivity index is 2.05. The standard InChI is InChI=1S/C18H10F3N3/c19-13-6-4-11(5-7-13)18-17(12-9-15(20)22-16(21)10-12)14-3-1-2-8-24(14)23-18/h1-10H. The van der Waals surface area contributed by atoms with Gasteiger partial charge in [-0.1, -0.05) is 6.07 Å². The first kappa shape index (κ1) is 14.4. The molecular formula is C18H10F3N3. The van der Waals surface area contributed by atoms with Gasteiger partial charge in [-0.05, 0) is 42.0 Å². The minimum Gasteiger partial charge on any atom is -0.240 e. The maximum Gasteiger partial charge on any atom is 0.216 e. The zero-order chi connectivity index (χ0) is 16.7. The Hall–Kier alpha value is -3.15. The Bertz CT molecular complexity index is 1020. The van der Waals surface area contributed by atoms with Crippen molar-refractivity contribution >= 4 is 5.52 Å². The first-order valence-corrected chi connectivity index (χ1v) is 7.18. The number of hydrogen-bond acceptors (Lipinski definition) is 2. The van der Waals surface area contributed by atoms with Gasteiger partial charge in [-0.25, -0.2) is 8.91 Å². The van der Waals surface area contributed by atoms with Crippen LogP contribution in [0.5, 0.6) is 0 Å². The number of nitrogens with zero attached hydrogens (tertiary/aromatic N) is 3. The molecule has 0 atom stereocenters. The van der Waals surface area contributed by atoms with Crippen molar-refractivity contribution in [2.24, 2.45) is 0 Å². The lowest BCUT2D eigenvalue weighted by Crippen LogP contribution is -1.91. The van der Waals surface area contributed by atoms with E-state index in [4.69, 9.17) is 0 Å². The first-order valence-electron chi connectivity index (χ1n) is 7.18. The lowest BCUT2D eigenvalue weighted by atomic mass is 10.0. The van der Waals surface area contributed by atoms with Gasteiger partial charge in [-0.2, -0.15) is 18.9 Å². The number of rotatable bonds is 2. The molecule has 3 heterocycles. The second-order valence-corrected chi connectivity index (χ2v) is 5.26. The summed E-state index contributed by atoms with van der Waals surface area (Å²) in [5.74, 6) is -2.19. The summed E-state index contributed by atoms with van der Waals surface area (Å²) in [6, 6.07) is 13.5. The van der Waals surface area contributed by atoms with Crippen molar-refractivity contribution in [1.29, 1.82) is 0 Å². The SMILES string of the molecule is Fc1ccc(-c2nn3ccccc3c2-c2cc(F)nc(F)c2)cc1. The summed E-state index contributed by atoms with van der Waals surface area (Å²) in [4.78, 5) is 3.13. The van der Waals surface area contributed by atoms with E-state index < -0.39 is 11.9 Å². The average Bonchev–Trinajstić information content (AvgIpc) is 2.94. The number of benzene rings is 1. The van der Waals surface area contributed by atoms with E-state index in [0.29, 0.717) is 27.9 Å². The van der Waals surface area contributed by atoms with E-state index in [1.165, 1.54) is 12.1 Å². The molecule has 0 saturated carbocycles. The molecule has 1 aromatic carbocycles. The van der Waals surface area contributed by atoms with Crippen LogP contribution in [-0.2, 0) is 0 Å². The van der Waals surface area contributed by atoms with Gasteiger partial charge < -0.3 is 0 Å². The predicted molar refractivity (Wildman–Crippen MR) is 83.7 cm³/mol. The lowest BCUT2D eigenvalue weighted by Gasteiger charge is -2.04. The van der Waals surface area contributed by atoms with Crippen LogP contribution in [0.4, 0.5) is 13.2 Å². The summed E-state index contributed by atoms with van der Waals surface area (Å²) in [5, 5.41) is 4.48. The Morgan fingerprint density at radius 1 is 0.792 bits per heavy atom. The summed E-state index contributed by atoms with van der Waals surface area (Å²) >= 11 is 0. The van der Waals surface area contributed by atoms with Crippen LogP contribution in [-0.4, -0.2) is 14.6 Å². The first-order chi connectivity index (χ1) is 11.6. The molecule has 0 radical (unpaired) electrons. The molecule has 24 heavy (non-hydrogen) atoms. The summed E-state index contributed by atoms with van der Waals surface area (Å²) < 4.78 is 42.0. The molecule has 0 amide bonds. The fourth-order valence-electron chi connectivity index (χ4n) is 2.70. The second-order valence-electron chi connectivity index (χ2n) is 5.26. The smallest absolute Gasteiger partial charge is 0.216 e. The van der Waals surface area contributed by atoms with E-state index in [0.717, 1.165) is 12.1 Å². The largest absolute Gasteiger partial charge is 0.240 e. The zero-order valence-electron chi connectivity index (χ0n) is 12.2. The van der Waals surface area contributed by atoms with Crippen LogP contribution in [0.15, 0.2) is 60.8 Å². The van der Waals surface area contributed by atoms with Gasteiger partial charge in [-0.3, -0.25) is 0 Å². The van der Waals surface area contributed by atoms with Crippen LogP contribution in [0.1, 0.15) is 0 Å². The maximum absolute atomic E-state index is 13.6. The fraction of sp³-hybridized carbons (Fsp3) is 0. The molecule has 0 unspecified atom stereocenters. The molecule has 3 aromatic heterocycles. The highest BCUT2D eigenvalue weighted by molar-refractivity contribution is 5.92. The molecule has 6 heteroatoms. The fourth-order valence-corrected chi connectivity index (χ4v) is 2.70. The van der Waals surface area contributed by atoms with Crippen LogP contribution < -0.4 is 0 Å². The number of hydrogen-bond donors (Lipinski definition) is 0. The molecular weight excluding hydrogens is 315 g/mol. The van der Waals surface area contributed by atoms with Gasteiger partial charge in [0, 0.05) is 29.5 Å². The summed E-state index contributed by atoms with van der Waals surface area (Å²) in [5.41, 5.74) is 2.71. The van der Waals surface area contributed by atoms with Crippen LogP contribution in [0.2, 0.25) is 0 Å². The van der Waals surface area contributed by atoms with E-state index >= 15 is 0 Å². The average molecular weight is 325 g/mol. The summed E-state index contributed by atoms with van der Waals surface area (Å²) in [6.07, 6.45) is 1.74. The molecule has 4 rings (SSSR count). The van der Waals surface area contributed by atoms with Gasteiger partial charge in [0.1, 0.15) is 11.5 Å². The van der Waals surface area contributed by atoms with Gasteiger partial charge in [0.05, 0.1) is 5.52 Å².